The van der Waals surface area contributed by atoms with Gasteiger partial charge in [-0.1, -0.05) is 6.07 Å². The lowest BCUT2D eigenvalue weighted by atomic mass is 9.98. The van der Waals surface area contributed by atoms with Crippen molar-refractivity contribution in [3.8, 4) is 22.8 Å². The highest BCUT2D eigenvalue weighted by Crippen LogP contribution is 2.44. The van der Waals surface area contributed by atoms with Crippen molar-refractivity contribution >= 4 is 33.0 Å². The number of methoxy groups -OCH3 is 2. The Kier molecular flexibility index (Phi) is 7.92. The average molecular weight is 560 g/mol. The second kappa shape index (κ2) is 10.9. The Morgan fingerprint density at radius 1 is 1.15 bits per heavy atom. The quantitative estimate of drug-likeness (QED) is 0.299. The van der Waals surface area contributed by atoms with Crippen molar-refractivity contribution in [2.75, 3.05) is 33.6 Å². The Morgan fingerprint density at radius 3 is 2.54 bits per heavy atom. The fourth-order valence-electron chi connectivity index (χ4n) is 4.46. The molecule has 0 saturated heterocycles. The number of amides is 1. The van der Waals surface area contributed by atoms with Crippen molar-refractivity contribution in [3.05, 3.63) is 47.0 Å². The van der Waals surface area contributed by atoms with Crippen molar-refractivity contribution in [1.82, 2.24) is 15.2 Å². The second-order valence-electron chi connectivity index (χ2n) is 10.2. The van der Waals surface area contributed by atoms with E-state index in [-0.39, 0.29) is 23.6 Å². The molecular formula is C27H33N3O8S. The summed E-state index contributed by atoms with van der Waals surface area (Å²) in [7, 11) is -0.906. The first kappa shape index (κ1) is 28.4. The minimum absolute atomic E-state index is 0.0349. The van der Waals surface area contributed by atoms with Crippen molar-refractivity contribution < 1.29 is 36.4 Å². The van der Waals surface area contributed by atoms with Gasteiger partial charge in [0.2, 0.25) is 0 Å². The highest BCUT2D eigenvalue weighted by Gasteiger charge is 2.34. The normalized spacial score (nSPS) is 13.3. The molecule has 11 nitrogen and oxygen atoms in total. The summed E-state index contributed by atoms with van der Waals surface area (Å²) in [5.74, 6) is -0.388. The summed E-state index contributed by atoms with van der Waals surface area (Å²) in [5.41, 5.74) is 2.08. The lowest BCUT2D eigenvalue weighted by molar-refractivity contribution is 0.0546. The standard InChI is InChI=1S/C27H33N3O8S/c1-27(2,3)37-26(32)30-20-8-7-16(14-28-9-10-35-4)11-17(20)12-21(30)18-13-22(36-5)24(38-39(6,33)34)19-15-29-25(31)23(18)19/h7-8,11-13,28H,9-10,14-15H2,1-6H3,(H,29,31). The van der Waals surface area contributed by atoms with Crippen LogP contribution < -0.4 is 19.6 Å². The monoisotopic (exact) mass is 559 g/mol. The smallest absolute Gasteiger partial charge is 0.419 e. The molecule has 1 aliphatic heterocycles. The highest BCUT2D eigenvalue weighted by atomic mass is 32.2. The molecule has 4 rings (SSSR count). The van der Waals surface area contributed by atoms with Crippen molar-refractivity contribution in [2.24, 2.45) is 0 Å². The maximum Gasteiger partial charge on any atom is 0.419 e. The third-order valence-corrected chi connectivity index (χ3v) is 6.45. The molecule has 0 spiro atoms. The summed E-state index contributed by atoms with van der Waals surface area (Å²) in [5, 5.41) is 6.77. The number of carbonyl (C=O) groups is 2. The van der Waals surface area contributed by atoms with Gasteiger partial charge in [0.05, 0.1) is 36.7 Å². The van der Waals surface area contributed by atoms with Gasteiger partial charge < -0.3 is 29.0 Å². The van der Waals surface area contributed by atoms with E-state index >= 15 is 0 Å². The molecule has 0 radical (unpaired) electrons. The maximum absolute atomic E-state index is 13.5. The summed E-state index contributed by atoms with van der Waals surface area (Å²) in [4.78, 5) is 26.6. The van der Waals surface area contributed by atoms with Crippen LogP contribution in [0, 0.1) is 0 Å². The molecule has 0 aliphatic carbocycles. The number of hydrogen-bond donors (Lipinski definition) is 2. The summed E-state index contributed by atoms with van der Waals surface area (Å²) in [6, 6.07) is 9.00. The molecule has 0 saturated carbocycles. The SMILES string of the molecule is COCCNCc1ccc2c(c1)cc(-c1cc(OC)c(OS(C)(=O)=O)c3c1C(=O)NC3)n2C(=O)OC(C)(C)C. The Labute approximate surface area is 227 Å². The van der Waals surface area contributed by atoms with E-state index in [1.165, 1.54) is 17.7 Å². The van der Waals surface area contributed by atoms with Crippen LogP contribution in [0.15, 0.2) is 30.3 Å². The molecule has 39 heavy (non-hydrogen) atoms. The first-order valence-corrected chi connectivity index (χ1v) is 14.1. The Hall–Kier alpha value is -3.61. The van der Waals surface area contributed by atoms with Crippen LogP contribution in [-0.4, -0.2) is 64.2 Å². The summed E-state index contributed by atoms with van der Waals surface area (Å²) in [6.07, 6.45) is 0.292. The van der Waals surface area contributed by atoms with Gasteiger partial charge in [0.15, 0.2) is 11.5 Å². The van der Waals surface area contributed by atoms with Gasteiger partial charge in [0.25, 0.3) is 5.91 Å². The molecule has 2 N–H and O–H groups in total. The number of nitrogens with zero attached hydrogens (tertiary/aromatic N) is 1. The maximum atomic E-state index is 13.5. The second-order valence-corrected chi connectivity index (χ2v) is 11.8. The number of benzene rings is 2. The van der Waals surface area contributed by atoms with Gasteiger partial charge in [-0.05, 0) is 50.6 Å². The van der Waals surface area contributed by atoms with E-state index < -0.39 is 27.7 Å². The van der Waals surface area contributed by atoms with Gasteiger partial charge in [0.1, 0.15) is 5.60 Å². The van der Waals surface area contributed by atoms with Crippen molar-refractivity contribution in [3.63, 3.8) is 0 Å². The van der Waals surface area contributed by atoms with E-state index in [9.17, 15) is 18.0 Å². The third-order valence-electron chi connectivity index (χ3n) is 5.98. The van der Waals surface area contributed by atoms with Crippen LogP contribution in [0.1, 0.15) is 42.3 Å². The van der Waals surface area contributed by atoms with Crippen LogP contribution in [0.2, 0.25) is 0 Å². The molecule has 0 bridgehead atoms. The third kappa shape index (κ3) is 6.18. The Balaban J connectivity index is 1.94. The van der Waals surface area contributed by atoms with Crippen LogP contribution in [0.25, 0.3) is 22.2 Å². The zero-order chi connectivity index (χ0) is 28.5. The van der Waals surface area contributed by atoms with Gasteiger partial charge in [-0.2, -0.15) is 8.42 Å². The minimum Gasteiger partial charge on any atom is -0.493 e. The largest absolute Gasteiger partial charge is 0.493 e. The summed E-state index contributed by atoms with van der Waals surface area (Å²) >= 11 is 0. The lowest BCUT2D eigenvalue weighted by Gasteiger charge is -2.22. The Morgan fingerprint density at radius 2 is 1.90 bits per heavy atom. The lowest BCUT2D eigenvalue weighted by Crippen LogP contribution is -2.27. The number of fused-ring (bicyclic) bond motifs is 2. The Bertz CT molecular complexity index is 1540. The molecule has 12 heteroatoms. The van der Waals surface area contributed by atoms with Crippen LogP contribution in [0.4, 0.5) is 4.79 Å². The van der Waals surface area contributed by atoms with Gasteiger partial charge >= 0.3 is 16.2 Å². The van der Waals surface area contributed by atoms with Gasteiger partial charge in [0, 0.05) is 43.3 Å². The molecule has 3 aromatic rings. The van der Waals surface area contributed by atoms with E-state index in [4.69, 9.17) is 18.4 Å². The van der Waals surface area contributed by atoms with Crippen LogP contribution >= 0.6 is 0 Å². The van der Waals surface area contributed by atoms with E-state index in [1.54, 1.807) is 33.9 Å². The highest BCUT2D eigenvalue weighted by molar-refractivity contribution is 7.86. The predicted molar refractivity (Wildman–Crippen MR) is 146 cm³/mol. The number of hydrogen-bond acceptors (Lipinski definition) is 9. The van der Waals surface area contributed by atoms with E-state index in [0.717, 1.165) is 17.2 Å². The van der Waals surface area contributed by atoms with Gasteiger partial charge in [-0.3, -0.25) is 4.79 Å². The van der Waals surface area contributed by atoms with Crippen LogP contribution in [0.3, 0.4) is 0 Å². The van der Waals surface area contributed by atoms with Crippen molar-refractivity contribution in [2.45, 2.75) is 39.5 Å². The topological polar surface area (TPSA) is 134 Å². The molecule has 1 aliphatic rings. The number of nitrogens with one attached hydrogen (secondary N) is 2. The zero-order valence-corrected chi connectivity index (χ0v) is 23.7. The average Bonchev–Trinajstić information content (AvgIpc) is 3.41. The molecule has 2 aromatic carbocycles. The first-order valence-electron chi connectivity index (χ1n) is 12.3. The minimum atomic E-state index is -3.92. The van der Waals surface area contributed by atoms with Gasteiger partial charge in [-0.25, -0.2) is 9.36 Å². The molecule has 0 unspecified atom stereocenters. The van der Waals surface area contributed by atoms with E-state index in [2.05, 4.69) is 10.6 Å². The number of aromatic nitrogens is 1. The van der Waals surface area contributed by atoms with Crippen LogP contribution in [0.5, 0.6) is 11.5 Å². The molecule has 210 valence electrons. The number of rotatable bonds is 9. The van der Waals surface area contributed by atoms with Gasteiger partial charge in [-0.15, -0.1) is 0 Å². The number of carbonyl (C=O) groups excluding carboxylic acids is 2. The predicted octanol–water partition coefficient (Wildman–Crippen LogP) is 3.42. The van der Waals surface area contributed by atoms with E-state index in [1.807, 2.05) is 18.2 Å². The molecule has 1 amide bonds. The molecule has 0 fully saturated rings. The summed E-state index contributed by atoms with van der Waals surface area (Å²) in [6.45, 7) is 7.20. The van der Waals surface area contributed by atoms with Crippen molar-refractivity contribution in [1.29, 1.82) is 0 Å². The van der Waals surface area contributed by atoms with E-state index in [0.29, 0.717) is 42.0 Å². The molecule has 2 heterocycles. The molecular weight excluding hydrogens is 526 g/mol. The number of ether oxygens (including phenoxy) is 3. The summed E-state index contributed by atoms with van der Waals surface area (Å²) < 4.78 is 46.9. The fourth-order valence-corrected chi connectivity index (χ4v) is 4.94. The fraction of sp³-hybridized carbons (Fsp3) is 0.407. The first-order chi connectivity index (χ1) is 18.3. The zero-order valence-electron chi connectivity index (χ0n) is 22.8. The molecule has 0 atom stereocenters. The molecule has 1 aromatic heterocycles. The van der Waals surface area contributed by atoms with Crippen LogP contribution in [-0.2, 0) is 32.7 Å².